The first-order valence-corrected chi connectivity index (χ1v) is 7.37. The number of nitrogens with zero attached hydrogens (tertiary/aromatic N) is 1. The van der Waals surface area contributed by atoms with Crippen molar-refractivity contribution in [3.8, 4) is 0 Å². The maximum Gasteiger partial charge on any atom is 0.271 e. The summed E-state index contributed by atoms with van der Waals surface area (Å²) < 4.78 is 31.8. The first-order valence-electron chi connectivity index (χ1n) is 5.88. The molecule has 0 saturated heterocycles. The van der Waals surface area contributed by atoms with E-state index in [-0.39, 0.29) is 22.8 Å². The highest BCUT2D eigenvalue weighted by atomic mass is 32.2. The van der Waals surface area contributed by atoms with Crippen molar-refractivity contribution >= 4 is 21.4 Å². The number of nitro benzene ring substituents is 1. The van der Waals surface area contributed by atoms with Crippen LogP contribution in [-0.4, -0.2) is 13.3 Å². The Balaban J connectivity index is 2.21. The summed E-state index contributed by atoms with van der Waals surface area (Å²) in [6.07, 6.45) is 0. The van der Waals surface area contributed by atoms with Crippen LogP contribution in [0.3, 0.4) is 0 Å². The molecule has 2 aromatic rings. The molecule has 0 bridgehead atoms. The average Bonchev–Trinajstić information content (AvgIpc) is 2.82. The lowest BCUT2D eigenvalue weighted by molar-refractivity contribution is -0.384. The van der Waals surface area contributed by atoms with Crippen molar-refractivity contribution in [2.75, 3.05) is 5.73 Å². The normalized spacial score (nSPS) is 11.5. The molecule has 8 nitrogen and oxygen atoms in total. The lowest BCUT2D eigenvalue weighted by Gasteiger charge is -2.08. The van der Waals surface area contributed by atoms with Gasteiger partial charge in [0.15, 0.2) is 0 Å². The molecule has 9 heteroatoms. The summed E-state index contributed by atoms with van der Waals surface area (Å²) in [6, 6.07) is 6.55. The van der Waals surface area contributed by atoms with E-state index in [0.717, 1.165) is 18.2 Å². The Morgan fingerprint density at radius 2 is 2.05 bits per heavy atom. The molecule has 0 saturated carbocycles. The molecule has 0 spiro atoms. The van der Waals surface area contributed by atoms with Crippen LogP contribution in [0.4, 0.5) is 11.4 Å². The quantitative estimate of drug-likeness (QED) is 0.490. The van der Waals surface area contributed by atoms with Crippen LogP contribution in [0.15, 0.2) is 39.6 Å². The number of non-ortho nitro benzene ring substituents is 1. The Morgan fingerprint density at radius 3 is 2.57 bits per heavy atom. The molecule has 1 aromatic carbocycles. The third-order valence-electron chi connectivity index (χ3n) is 2.73. The van der Waals surface area contributed by atoms with E-state index >= 15 is 0 Å². The van der Waals surface area contributed by atoms with Gasteiger partial charge in [0.1, 0.15) is 16.4 Å². The number of nitro groups is 1. The third kappa shape index (κ3) is 3.38. The molecule has 0 aliphatic heterocycles. The fourth-order valence-corrected chi connectivity index (χ4v) is 2.82. The smallest absolute Gasteiger partial charge is 0.271 e. The zero-order valence-corrected chi connectivity index (χ0v) is 11.9. The van der Waals surface area contributed by atoms with E-state index in [1.54, 1.807) is 19.1 Å². The van der Waals surface area contributed by atoms with Crippen LogP contribution < -0.4 is 10.5 Å². The molecule has 0 aliphatic rings. The van der Waals surface area contributed by atoms with Crippen LogP contribution in [0.5, 0.6) is 0 Å². The Bertz CT molecular complexity index is 782. The van der Waals surface area contributed by atoms with Crippen molar-refractivity contribution in [1.29, 1.82) is 0 Å². The van der Waals surface area contributed by atoms with Gasteiger partial charge in [0.05, 0.1) is 17.2 Å². The maximum atomic E-state index is 12.1. The number of benzene rings is 1. The number of sulfonamides is 1. The van der Waals surface area contributed by atoms with E-state index in [9.17, 15) is 18.5 Å². The van der Waals surface area contributed by atoms with E-state index in [2.05, 4.69) is 4.72 Å². The van der Waals surface area contributed by atoms with Gasteiger partial charge in [0.2, 0.25) is 10.0 Å². The average molecular weight is 311 g/mol. The van der Waals surface area contributed by atoms with Gasteiger partial charge in [-0.25, -0.2) is 13.1 Å². The summed E-state index contributed by atoms with van der Waals surface area (Å²) >= 11 is 0. The second kappa shape index (κ2) is 5.54. The van der Waals surface area contributed by atoms with Crippen LogP contribution >= 0.6 is 0 Å². The summed E-state index contributed by atoms with van der Waals surface area (Å²) in [4.78, 5) is 9.74. The van der Waals surface area contributed by atoms with Crippen LogP contribution in [-0.2, 0) is 16.6 Å². The van der Waals surface area contributed by atoms with E-state index in [4.69, 9.17) is 10.2 Å². The molecule has 2 rings (SSSR count). The van der Waals surface area contributed by atoms with E-state index in [1.807, 2.05) is 0 Å². The molecule has 1 heterocycles. The molecule has 21 heavy (non-hydrogen) atoms. The maximum absolute atomic E-state index is 12.1. The minimum atomic E-state index is -3.88. The molecule has 0 aliphatic carbocycles. The molecule has 0 atom stereocenters. The number of nitrogen functional groups attached to an aromatic ring is 1. The number of nitrogens with one attached hydrogen (secondary N) is 1. The van der Waals surface area contributed by atoms with Gasteiger partial charge in [-0.3, -0.25) is 10.1 Å². The zero-order chi connectivity index (χ0) is 15.6. The molecular formula is C12H13N3O5S. The Kier molecular flexibility index (Phi) is 3.96. The number of anilines is 1. The molecule has 0 fully saturated rings. The second-order valence-electron chi connectivity index (χ2n) is 4.32. The molecular weight excluding hydrogens is 298 g/mol. The van der Waals surface area contributed by atoms with Gasteiger partial charge < -0.3 is 10.2 Å². The van der Waals surface area contributed by atoms with Gasteiger partial charge in [0.25, 0.3) is 5.69 Å². The van der Waals surface area contributed by atoms with Crippen molar-refractivity contribution in [3.05, 3.63) is 52.0 Å². The second-order valence-corrected chi connectivity index (χ2v) is 6.05. The Labute approximate surface area is 120 Å². The third-order valence-corrected chi connectivity index (χ3v) is 4.20. The molecule has 112 valence electrons. The topological polar surface area (TPSA) is 128 Å². The number of rotatable bonds is 5. The highest BCUT2D eigenvalue weighted by molar-refractivity contribution is 7.89. The van der Waals surface area contributed by atoms with Crippen LogP contribution in [0, 0.1) is 17.0 Å². The van der Waals surface area contributed by atoms with E-state index < -0.39 is 14.9 Å². The largest absolute Gasteiger partial charge is 0.465 e. The standard InChI is InChI=1S/C12H13N3O5S/c1-8-2-4-10(20-8)7-14-21(18,19)12-5-3-9(15(16)17)6-11(12)13/h2-6,14H,7,13H2,1H3. The number of furan rings is 1. The van der Waals surface area contributed by atoms with Crippen LogP contribution in [0.2, 0.25) is 0 Å². The number of aryl methyl sites for hydroxylation is 1. The SMILES string of the molecule is Cc1ccc(CNS(=O)(=O)c2ccc([N+](=O)[O-])cc2N)o1. The van der Waals surface area contributed by atoms with Gasteiger partial charge in [-0.2, -0.15) is 0 Å². The first-order chi connectivity index (χ1) is 9.79. The molecule has 0 amide bonds. The Morgan fingerprint density at radius 1 is 1.33 bits per heavy atom. The molecule has 0 radical (unpaired) electrons. The van der Waals surface area contributed by atoms with Crippen molar-refractivity contribution in [2.45, 2.75) is 18.4 Å². The lowest BCUT2D eigenvalue weighted by Crippen LogP contribution is -2.24. The highest BCUT2D eigenvalue weighted by Crippen LogP contribution is 2.23. The van der Waals surface area contributed by atoms with Gasteiger partial charge >= 0.3 is 0 Å². The first kappa shape index (κ1) is 15.0. The zero-order valence-electron chi connectivity index (χ0n) is 11.1. The molecule has 1 aromatic heterocycles. The van der Waals surface area contributed by atoms with E-state index in [0.29, 0.717) is 11.5 Å². The van der Waals surface area contributed by atoms with E-state index in [1.165, 1.54) is 0 Å². The minimum Gasteiger partial charge on any atom is -0.465 e. The summed E-state index contributed by atoms with van der Waals surface area (Å²) in [6.45, 7) is 1.71. The summed E-state index contributed by atoms with van der Waals surface area (Å²) in [5.74, 6) is 1.12. The lowest BCUT2D eigenvalue weighted by atomic mass is 10.3. The Hall–Kier alpha value is -2.39. The molecule has 3 N–H and O–H groups in total. The van der Waals surface area contributed by atoms with Crippen LogP contribution in [0.1, 0.15) is 11.5 Å². The monoisotopic (exact) mass is 311 g/mol. The number of hydrogen-bond donors (Lipinski definition) is 2. The van der Waals surface area contributed by atoms with Gasteiger partial charge in [0, 0.05) is 12.1 Å². The van der Waals surface area contributed by atoms with Crippen molar-refractivity contribution in [1.82, 2.24) is 4.72 Å². The predicted molar refractivity (Wildman–Crippen MR) is 75.0 cm³/mol. The fourth-order valence-electron chi connectivity index (χ4n) is 1.72. The highest BCUT2D eigenvalue weighted by Gasteiger charge is 2.20. The summed E-state index contributed by atoms with van der Waals surface area (Å²) in [5, 5.41) is 10.6. The van der Waals surface area contributed by atoms with Gasteiger partial charge in [-0.1, -0.05) is 0 Å². The van der Waals surface area contributed by atoms with Crippen molar-refractivity contribution < 1.29 is 17.8 Å². The van der Waals surface area contributed by atoms with Gasteiger partial charge in [-0.15, -0.1) is 0 Å². The summed E-state index contributed by atoms with van der Waals surface area (Å²) in [5.41, 5.74) is 5.11. The predicted octanol–water partition coefficient (Wildman–Crippen LogP) is 1.56. The minimum absolute atomic E-state index is 0.0351. The van der Waals surface area contributed by atoms with Crippen LogP contribution in [0.25, 0.3) is 0 Å². The number of nitrogens with two attached hydrogens (primary N) is 1. The number of hydrogen-bond acceptors (Lipinski definition) is 6. The van der Waals surface area contributed by atoms with Crippen molar-refractivity contribution in [2.24, 2.45) is 0 Å². The van der Waals surface area contributed by atoms with Gasteiger partial charge in [-0.05, 0) is 25.1 Å². The van der Waals surface area contributed by atoms with Crippen molar-refractivity contribution in [3.63, 3.8) is 0 Å². The summed E-state index contributed by atoms with van der Waals surface area (Å²) in [7, 11) is -3.88. The molecule has 0 unspecified atom stereocenters. The fraction of sp³-hybridized carbons (Fsp3) is 0.167.